The molecule has 6 rings (SSSR count). The summed E-state index contributed by atoms with van der Waals surface area (Å²) in [5, 5.41) is 19.0. The molecule has 1 aliphatic carbocycles. The second kappa shape index (κ2) is 10.1. The number of nitrogens with zero attached hydrogens (tertiary/aromatic N) is 5. The fourth-order valence-corrected chi connectivity index (χ4v) is 5.39. The molecule has 0 unspecified atom stereocenters. The first-order valence-electron chi connectivity index (χ1n) is 14.0. The van der Waals surface area contributed by atoms with E-state index in [-0.39, 0.29) is 29.1 Å². The third-order valence-corrected chi connectivity index (χ3v) is 7.83. The quantitative estimate of drug-likeness (QED) is 0.287. The fraction of sp³-hybridized carbons (Fsp3) is 0.400. The Morgan fingerprint density at radius 2 is 1.98 bits per heavy atom. The third kappa shape index (κ3) is 5.19. The maximum Gasteiger partial charge on any atom is 0.293 e. The molecule has 1 saturated heterocycles. The zero-order chi connectivity index (χ0) is 28.8. The number of likely N-dealkylation sites (tertiary alicyclic amines) is 1. The summed E-state index contributed by atoms with van der Waals surface area (Å²) in [6, 6.07) is 10.3. The molecule has 212 valence electrons. The molecular weight excluding hydrogens is 520 g/mol. The van der Waals surface area contributed by atoms with E-state index in [9.17, 15) is 9.59 Å². The van der Waals surface area contributed by atoms with Crippen molar-refractivity contribution >= 4 is 28.7 Å². The SMILES string of the molecule is C=CC(=O)N1CCC[C@@H](Nc2n[nH]c3nccc(-c4ccc(C5(NC(=O)c6noc(C(C)(C)C)n6)CC5)cc4)c23)C1. The minimum Gasteiger partial charge on any atom is -0.364 e. The van der Waals surface area contributed by atoms with E-state index < -0.39 is 5.54 Å². The van der Waals surface area contributed by atoms with Crippen LogP contribution in [0.25, 0.3) is 22.2 Å². The van der Waals surface area contributed by atoms with E-state index in [1.54, 1.807) is 6.20 Å². The first kappa shape index (κ1) is 26.7. The number of pyridine rings is 1. The number of amides is 2. The molecule has 41 heavy (non-hydrogen) atoms. The van der Waals surface area contributed by atoms with Crippen molar-refractivity contribution in [3.05, 3.63) is 66.5 Å². The van der Waals surface area contributed by atoms with Gasteiger partial charge in [0, 0.05) is 30.7 Å². The molecule has 1 aromatic carbocycles. The number of H-pyrrole nitrogens is 1. The van der Waals surface area contributed by atoms with E-state index in [0.29, 0.717) is 23.9 Å². The topological polar surface area (TPSA) is 142 Å². The van der Waals surface area contributed by atoms with Crippen molar-refractivity contribution in [2.75, 3.05) is 18.4 Å². The van der Waals surface area contributed by atoms with Crippen molar-refractivity contribution in [3.63, 3.8) is 0 Å². The number of fused-ring (bicyclic) bond motifs is 1. The van der Waals surface area contributed by atoms with Crippen molar-refractivity contribution < 1.29 is 14.1 Å². The van der Waals surface area contributed by atoms with Crippen LogP contribution >= 0.6 is 0 Å². The Morgan fingerprint density at radius 1 is 1.20 bits per heavy atom. The molecule has 0 bridgehead atoms. The number of anilines is 1. The average molecular weight is 555 g/mol. The van der Waals surface area contributed by atoms with Gasteiger partial charge in [-0.05, 0) is 54.5 Å². The molecule has 1 saturated carbocycles. The summed E-state index contributed by atoms with van der Waals surface area (Å²) in [6.45, 7) is 10.8. The summed E-state index contributed by atoms with van der Waals surface area (Å²) in [7, 11) is 0. The van der Waals surface area contributed by atoms with Crippen molar-refractivity contribution in [1.82, 2.24) is 35.5 Å². The molecule has 2 fully saturated rings. The van der Waals surface area contributed by atoms with Gasteiger partial charge in [0.2, 0.25) is 11.8 Å². The van der Waals surface area contributed by atoms with Crippen LogP contribution in [0.4, 0.5) is 5.82 Å². The molecule has 11 nitrogen and oxygen atoms in total. The fourth-order valence-electron chi connectivity index (χ4n) is 5.39. The number of hydrogen-bond acceptors (Lipinski definition) is 8. The molecule has 1 aliphatic heterocycles. The first-order valence-corrected chi connectivity index (χ1v) is 14.0. The van der Waals surface area contributed by atoms with Gasteiger partial charge < -0.3 is 20.1 Å². The van der Waals surface area contributed by atoms with E-state index in [1.165, 1.54) is 6.08 Å². The Balaban J connectivity index is 1.21. The maximum atomic E-state index is 12.9. The number of piperidine rings is 1. The number of nitrogens with one attached hydrogen (secondary N) is 3. The lowest BCUT2D eigenvalue weighted by molar-refractivity contribution is -0.127. The van der Waals surface area contributed by atoms with Crippen LogP contribution in [-0.2, 0) is 15.7 Å². The molecule has 2 amide bonds. The normalized spacial score (nSPS) is 18.2. The number of rotatable bonds is 7. The van der Waals surface area contributed by atoms with Crippen LogP contribution in [0.1, 0.15) is 68.5 Å². The number of hydrogen-bond donors (Lipinski definition) is 3. The van der Waals surface area contributed by atoms with Crippen LogP contribution in [0.3, 0.4) is 0 Å². The third-order valence-electron chi connectivity index (χ3n) is 7.83. The van der Waals surface area contributed by atoms with Gasteiger partial charge in [0.25, 0.3) is 11.7 Å². The predicted octanol–water partition coefficient (Wildman–Crippen LogP) is 4.31. The lowest BCUT2D eigenvalue weighted by atomic mass is 9.97. The lowest BCUT2D eigenvalue weighted by Gasteiger charge is -2.32. The molecule has 4 heterocycles. The van der Waals surface area contributed by atoms with Gasteiger partial charge in [-0.1, -0.05) is 56.8 Å². The van der Waals surface area contributed by atoms with Crippen LogP contribution in [-0.4, -0.2) is 61.2 Å². The Morgan fingerprint density at radius 3 is 2.66 bits per heavy atom. The molecule has 0 spiro atoms. The van der Waals surface area contributed by atoms with Gasteiger partial charge in [-0.2, -0.15) is 10.1 Å². The highest BCUT2D eigenvalue weighted by Gasteiger charge is 2.46. The molecule has 3 aromatic heterocycles. The van der Waals surface area contributed by atoms with Crippen molar-refractivity contribution in [1.29, 1.82) is 0 Å². The van der Waals surface area contributed by atoms with Gasteiger partial charge >= 0.3 is 0 Å². The second-order valence-corrected chi connectivity index (χ2v) is 11.9. The summed E-state index contributed by atoms with van der Waals surface area (Å²) in [6.07, 6.45) is 6.65. The summed E-state index contributed by atoms with van der Waals surface area (Å²) < 4.78 is 5.30. The smallest absolute Gasteiger partial charge is 0.293 e. The van der Waals surface area contributed by atoms with Crippen LogP contribution in [0, 0.1) is 0 Å². The summed E-state index contributed by atoms with van der Waals surface area (Å²) in [4.78, 5) is 35.7. The highest BCUT2D eigenvalue weighted by atomic mass is 16.5. The van der Waals surface area contributed by atoms with Crippen molar-refractivity contribution in [2.45, 2.75) is 63.5 Å². The molecule has 11 heteroatoms. The van der Waals surface area contributed by atoms with Crippen LogP contribution in [0.5, 0.6) is 0 Å². The minimum atomic E-state index is -0.441. The molecule has 4 aromatic rings. The van der Waals surface area contributed by atoms with Crippen LogP contribution in [0.2, 0.25) is 0 Å². The van der Waals surface area contributed by atoms with Crippen LogP contribution < -0.4 is 10.6 Å². The Labute approximate surface area is 237 Å². The molecule has 3 N–H and O–H groups in total. The average Bonchev–Trinajstić information content (AvgIpc) is 3.37. The zero-order valence-electron chi connectivity index (χ0n) is 23.5. The van der Waals surface area contributed by atoms with Crippen LogP contribution in [0.15, 0.2) is 53.7 Å². The number of carbonyl (C=O) groups is 2. The summed E-state index contributed by atoms with van der Waals surface area (Å²) in [5.74, 6) is 0.798. The molecule has 0 radical (unpaired) electrons. The highest BCUT2D eigenvalue weighted by Crippen LogP contribution is 2.46. The standard InChI is InChI=1S/C30H34N8O3/c1-5-22(39)38-16-6-7-20(17-38)32-25-23-21(12-15-31-24(23)35-36-25)18-8-10-19(11-9-18)30(13-14-30)34-27(40)26-33-28(41-37-26)29(2,3)4/h5,8-12,15,20H,1,6-7,13-14,16-17H2,2-4H3,(H,34,40)(H2,31,32,35,36)/t20-/m1/s1. The predicted molar refractivity (Wildman–Crippen MR) is 154 cm³/mol. The van der Waals surface area contributed by atoms with Crippen molar-refractivity contribution in [2.24, 2.45) is 0 Å². The van der Waals surface area contributed by atoms with Gasteiger partial charge in [0.1, 0.15) is 0 Å². The van der Waals surface area contributed by atoms with E-state index >= 15 is 0 Å². The number of aromatic nitrogens is 5. The maximum absolute atomic E-state index is 12.9. The summed E-state index contributed by atoms with van der Waals surface area (Å²) in [5.41, 5.74) is 2.94. The number of carbonyl (C=O) groups excluding carboxylic acids is 2. The lowest BCUT2D eigenvalue weighted by Crippen LogP contribution is -2.44. The van der Waals surface area contributed by atoms with E-state index in [2.05, 4.69) is 66.8 Å². The number of aromatic amines is 1. The first-order chi connectivity index (χ1) is 19.7. The minimum absolute atomic E-state index is 0.0481. The molecule has 1 atom stereocenters. The Hall–Kier alpha value is -4.54. The van der Waals surface area contributed by atoms with Gasteiger partial charge in [0.05, 0.1) is 10.9 Å². The highest BCUT2D eigenvalue weighted by molar-refractivity contribution is 6.00. The van der Waals surface area contributed by atoms with Gasteiger partial charge in [-0.25, -0.2) is 4.98 Å². The van der Waals surface area contributed by atoms with Gasteiger partial charge in [-0.3, -0.25) is 14.7 Å². The van der Waals surface area contributed by atoms with E-state index in [1.807, 2.05) is 31.7 Å². The van der Waals surface area contributed by atoms with E-state index in [4.69, 9.17) is 4.52 Å². The van der Waals surface area contributed by atoms with Gasteiger partial charge in [-0.15, -0.1) is 0 Å². The van der Waals surface area contributed by atoms with E-state index in [0.717, 1.165) is 54.3 Å². The van der Waals surface area contributed by atoms with Crippen molar-refractivity contribution in [3.8, 4) is 11.1 Å². The molecular formula is C30H34N8O3. The zero-order valence-corrected chi connectivity index (χ0v) is 23.5. The number of benzene rings is 1. The molecule has 2 aliphatic rings. The Kier molecular flexibility index (Phi) is 6.59. The largest absolute Gasteiger partial charge is 0.364 e. The second-order valence-electron chi connectivity index (χ2n) is 11.9. The summed E-state index contributed by atoms with van der Waals surface area (Å²) >= 11 is 0. The Bertz CT molecular complexity index is 1610. The monoisotopic (exact) mass is 554 g/mol. The van der Waals surface area contributed by atoms with Gasteiger partial charge in [0.15, 0.2) is 11.5 Å².